The zero-order valence-electron chi connectivity index (χ0n) is 14.3. The minimum absolute atomic E-state index is 0.121. The topological polar surface area (TPSA) is 102 Å². The monoisotopic (exact) mass is 355 g/mol. The van der Waals surface area contributed by atoms with Crippen LogP contribution in [0.4, 0.5) is 11.4 Å². The fraction of sp³-hybridized carbons (Fsp3) is 0.222. The molecule has 0 saturated heterocycles. The maximum Gasteiger partial charge on any atom is 0.273 e. The second kappa shape index (κ2) is 6.83. The molecule has 3 rings (SSSR count). The molecule has 2 amide bonds. The molecule has 0 unspecified atom stereocenters. The van der Waals surface area contributed by atoms with E-state index in [-0.39, 0.29) is 17.2 Å². The van der Waals surface area contributed by atoms with Gasteiger partial charge in [-0.3, -0.25) is 19.7 Å². The van der Waals surface area contributed by atoms with E-state index in [0.29, 0.717) is 35.7 Å². The molecule has 0 spiro atoms. The molecule has 8 nitrogen and oxygen atoms in total. The number of nitrogens with one attached hydrogen (secondary N) is 1. The van der Waals surface area contributed by atoms with Gasteiger partial charge in [0, 0.05) is 29.9 Å². The van der Waals surface area contributed by atoms with Gasteiger partial charge in [-0.15, -0.1) is 0 Å². The standard InChI is InChI=1S/C18H17N3O5/c1-11-3-4-12(9-15(11)21(24)25)17(22)19-13-5-6-16-14(10-13)18(23)20(2)7-8-26-16/h3-6,9-10H,7-8H2,1-2H3,(H,19,22). The minimum atomic E-state index is -0.527. The second-order valence-corrected chi connectivity index (χ2v) is 6.00. The van der Waals surface area contributed by atoms with E-state index in [9.17, 15) is 19.7 Å². The predicted octanol–water partition coefficient (Wildman–Crippen LogP) is 2.62. The first-order valence-corrected chi connectivity index (χ1v) is 7.95. The number of carbonyl (C=O) groups excluding carboxylic acids is 2. The third-order valence-corrected chi connectivity index (χ3v) is 4.17. The van der Waals surface area contributed by atoms with Gasteiger partial charge in [-0.1, -0.05) is 6.07 Å². The Labute approximate surface area is 149 Å². The molecule has 1 heterocycles. The van der Waals surface area contributed by atoms with Crippen molar-refractivity contribution in [3.05, 3.63) is 63.2 Å². The van der Waals surface area contributed by atoms with E-state index in [2.05, 4.69) is 5.32 Å². The number of aryl methyl sites for hydroxylation is 1. The lowest BCUT2D eigenvalue weighted by Crippen LogP contribution is -2.27. The van der Waals surface area contributed by atoms with Gasteiger partial charge < -0.3 is 15.0 Å². The molecule has 134 valence electrons. The normalized spacial score (nSPS) is 13.5. The van der Waals surface area contributed by atoms with E-state index < -0.39 is 10.8 Å². The summed E-state index contributed by atoms with van der Waals surface area (Å²) in [6, 6.07) is 9.06. The molecule has 2 aromatic carbocycles. The van der Waals surface area contributed by atoms with Crippen molar-refractivity contribution in [3.63, 3.8) is 0 Å². The highest BCUT2D eigenvalue weighted by Crippen LogP contribution is 2.27. The quantitative estimate of drug-likeness (QED) is 0.673. The van der Waals surface area contributed by atoms with E-state index in [1.54, 1.807) is 37.1 Å². The van der Waals surface area contributed by atoms with E-state index in [1.165, 1.54) is 18.2 Å². The molecule has 1 N–H and O–H groups in total. The van der Waals surface area contributed by atoms with Crippen molar-refractivity contribution < 1.29 is 19.2 Å². The van der Waals surface area contributed by atoms with Crippen LogP contribution in [0.15, 0.2) is 36.4 Å². The smallest absolute Gasteiger partial charge is 0.273 e. The Morgan fingerprint density at radius 2 is 2.04 bits per heavy atom. The van der Waals surface area contributed by atoms with Crippen LogP contribution in [-0.4, -0.2) is 41.8 Å². The molecule has 0 bridgehead atoms. The van der Waals surface area contributed by atoms with Gasteiger partial charge in [0.25, 0.3) is 17.5 Å². The van der Waals surface area contributed by atoms with Crippen LogP contribution < -0.4 is 10.1 Å². The second-order valence-electron chi connectivity index (χ2n) is 6.00. The van der Waals surface area contributed by atoms with Crippen LogP contribution in [0.1, 0.15) is 26.3 Å². The molecular weight excluding hydrogens is 338 g/mol. The van der Waals surface area contributed by atoms with Crippen molar-refractivity contribution in [2.75, 3.05) is 25.5 Å². The van der Waals surface area contributed by atoms with E-state index in [1.807, 2.05) is 0 Å². The highest BCUT2D eigenvalue weighted by Gasteiger charge is 2.22. The van der Waals surface area contributed by atoms with Gasteiger partial charge in [-0.25, -0.2) is 0 Å². The number of hydrogen-bond donors (Lipinski definition) is 1. The highest BCUT2D eigenvalue weighted by molar-refractivity contribution is 6.06. The Balaban J connectivity index is 1.87. The number of nitro groups is 1. The fourth-order valence-electron chi connectivity index (χ4n) is 2.65. The molecule has 0 radical (unpaired) electrons. The van der Waals surface area contributed by atoms with E-state index in [4.69, 9.17) is 4.74 Å². The number of nitro benzene ring substituents is 1. The summed E-state index contributed by atoms with van der Waals surface area (Å²) in [6.45, 7) is 2.48. The average Bonchev–Trinajstić information content (AvgIpc) is 2.74. The van der Waals surface area contributed by atoms with Gasteiger partial charge in [0.2, 0.25) is 0 Å². The maximum absolute atomic E-state index is 12.4. The van der Waals surface area contributed by atoms with Crippen molar-refractivity contribution in [1.82, 2.24) is 4.90 Å². The number of hydrogen-bond acceptors (Lipinski definition) is 5. The summed E-state index contributed by atoms with van der Waals surface area (Å²) in [5, 5.41) is 13.7. The van der Waals surface area contributed by atoms with Gasteiger partial charge in [0.1, 0.15) is 12.4 Å². The molecule has 26 heavy (non-hydrogen) atoms. The van der Waals surface area contributed by atoms with Gasteiger partial charge in [0.15, 0.2) is 0 Å². The number of rotatable bonds is 3. The third kappa shape index (κ3) is 3.34. The van der Waals surface area contributed by atoms with Crippen LogP contribution in [0.2, 0.25) is 0 Å². The zero-order valence-corrected chi connectivity index (χ0v) is 14.3. The van der Waals surface area contributed by atoms with Crippen LogP contribution in [0.5, 0.6) is 5.75 Å². The summed E-state index contributed by atoms with van der Waals surface area (Å²) in [5.74, 6) is -0.230. The maximum atomic E-state index is 12.4. The summed E-state index contributed by atoms with van der Waals surface area (Å²) in [6.07, 6.45) is 0. The number of ether oxygens (including phenoxy) is 1. The van der Waals surface area contributed by atoms with Crippen molar-refractivity contribution in [2.45, 2.75) is 6.92 Å². The molecule has 0 fully saturated rings. The largest absolute Gasteiger partial charge is 0.491 e. The molecule has 1 aliphatic heterocycles. The van der Waals surface area contributed by atoms with Crippen molar-refractivity contribution in [2.24, 2.45) is 0 Å². The van der Waals surface area contributed by atoms with Gasteiger partial charge in [-0.05, 0) is 31.2 Å². The predicted molar refractivity (Wildman–Crippen MR) is 94.7 cm³/mol. The van der Waals surface area contributed by atoms with E-state index >= 15 is 0 Å². The van der Waals surface area contributed by atoms with Gasteiger partial charge in [-0.2, -0.15) is 0 Å². The lowest BCUT2D eigenvalue weighted by molar-refractivity contribution is -0.385. The molecule has 1 aliphatic rings. The van der Waals surface area contributed by atoms with Crippen molar-refractivity contribution in [3.8, 4) is 5.75 Å². The number of benzene rings is 2. The van der Waals surface area contributed by atoms with E-state index in [0.717, 1.165) is 0 Å². The summed E-state index contributed by atoms with van der Waals surface area (Å²) >= 11 is 0. The summed E-state index contributed by atoms with van der Waals surface area (Å²) in [7, 11) is 1.68. The van der Waals surface area contributed by atoms with Gasteiger partial charge >= 0.3 is 0 Å². The number of amides is 2. The Morgan fingerprint density at radius 1 is 1.27 bits per heavy atom. The molecule has 0 aromatic heterocycles. The number of anilines is 1. The molecule has 0 saturated carbocycles. The number of carbonyl (C=O) groups is 2. The Kier molecular flexibility index (Phi) is 4.57. The Hall–Kier alpha value is -3.42. The Morgan fingerprint density at radius 3 is 2.77 bits per heavy atom. The minimum Gasteiger partial charge on any atom is -0.491 e. The molecular formula is C18H17N3O5. The zero-order chi connectivity index (χ0) is 18.8. The van der Waals surface area contributed by atoms with Crippen LogP contribution in [0.3, 0.4) is 0 Å². The summed E-state index contributed by atoms with van der Waals surface area (Å²) < 4.78 is 5.54. The van der Waals surface area contributed by atoms with Crippen LogP contribution in [0, 0.1) is 17.0 Å². The van der Waals surface area contributed by atoms with Crippen LogP contribution >= 0.6 is 0 Å². The van der Waals surface area contributed by atoms with Gasteiger partial charge in [0.05, 0.1) is 17.0 Å². The lowest BCUT2D eigenvalue weighted by atomic mass is 10.1. The molecule has 0 aliphatic carbocycles. The van der Waals surface area contributed by atoms with Crippen molar-refractivity contribution >= 4 is 23.2 Å². The molecule has 8 heteroatoms. The van der Waals surface area contributed by atoms with Crippen molar-refractivity contribution in [1.29, 1.82) is 0 Å². The lowest BCUT2D eigenvalue weighted by Gasteiger charge is -2.13. The highest BCUT2D eigenvalue weighted by atomic mass is 16.6. The first-order chi connectivity index (χ1) is 12.4. The SMILES string of the molecule is Cc1ccc(C(=O)Nc2ccc3c(c2)C(=O)N(C)CCO3)cc1[N+](=O)[O-]. The average molecular weight is 355 g/mol. The van der Waals surface area contributed by atoms with Crippen LogP contribution in [-0.2, 0) is 0 Å². The number of fused-ring (bicyclic) bond motifs is 1. The summed E-state index contributed by atoms with van der Waals surface area (Å²) in [4.78, 5) is 36.8. The first kappa shape index (κ1) is 17.4. The first-order valence-electron chi connectivity index (χ1n) is 7.95. The number of nitrogens with zero attached hydrogens (tertiary/aromatic N) is 2. The Bertz CT molecular complexity index is 910. The van der Waals surface area contributed by atoms with Crippen LogP contribution in [0.25, 0.3) is 0 Å². The third-order valence-electron chi connectivity index (χ3n) is 4.17. The molecule has 2 aromatic rings. The molecule has 0 atom stereocenters. The number of likely N-dealkylation sites (N-methyl/N-ethyl adjacent to an activating group) is 1. The fourth-order valence-corrected chi connectivity index (χ4v) is 2.65. The summed E-state index contributed by atoms with van der Waals surface area (Å²) in [5.41, 5.74) is 1.28.